The first-order valence-corrected chi connectivity index (χ1v) is 11.0. The molecular weight excluding hydrogens is 393 g/mol. The van der Waals surface area contributed by atoms with E-state index in [1.807, 2.05) is 44.2 Å². The SMILES string of the molecule is CC[C@@H](O)CN(Cc1c(C)nn(-c2ccccc2)c1Oc1ccc(F)cc1)CC1CC1. The average molecular weight is 424 g/mol. The lowest BCUT2D eigenvalue weighted by molar-refractivity contribution is 0.102. The van der Waals surface area contributed by atoms with Crippen molar-refractivity contribution in [1.82, 2.24) is 14.7 Å². The quantitative estimate of drug-likeness (QED) is 0.493. The summed E-state index contributed by atoms with van der Waals surface area (Å²) in [7, 11) is 0. The van der Waals surface area contributed by atoms with Gasteiger partial charge >= 0.3 is 0 Å². The van der Waals surface area contributed by atoms with Gasteiger partial charge in [-0.1, -0.05) is 25.1 Å². The van der Waals surface area contributed by atoms with Crippen LogP contribution in [-0.2, 0) is 6.54 Å². The van der Waals surface area contributed by atoms with Crippen molar-refractivity contribution < 1.29 is 14.2 Å². The summed E-state index contributed by atoms with van der Waals surface area (Å²) in [5.41, 5.74) is 2.76. The van der Waals surface area contributed by atoms with Crippen LogP contribution in [0.15, 0.2) is 54.6 Å². The van der Waals surface area contributed by atoms with E-state index < -0.39 is 0 Å². The Balaban J connectivity index is 1.69. The number of hydrogen-bond acceptors (Lipinski definition) is 4. The molecule has 0 unspecified atom stereocenters. The molecule has 1 fully saturated rings. The summed E-state index contributed by atoms with van der Waals surface area (Å²) in [5.74, 6) is 1.59. The van der Waals surface area contributed by atoms with Crippen LogP contribution < -0.4 is 4.74 Å². The average Bonchev–Trinajstić information content (AvgIpc) is 3.55. The number of aryl methyl sites for hydroxylation is 1. The largest absolute Gasteiger partial charge is 0.439 e. The van der Waals surface area contributed by atoms with Gasteiger partial charge in [-0.2, -0.15) is 5.10 Å². The van der Waals surface area contributed by atoms with Crippen LogP contribution in [0.2, 0.25) is 0 Å². The normalized spacial score (nSPS) is 14.7. The molecule has 1 aliphatic rings. The van der Waals surface area contributed by atoms with Crippen molar-refractivity contribution in [3.05, 3.63) is 71.7 Å². The third kappa shape index (κ3) is 5.51. The highest BCUT2D eigenvalue weighted by Crippen LogP contribution is 2.34. The summed E-state index contributed by atoms with van der Waals surface area (Å²) in [6.07, 6.45) is 2.87. The monoisotopic (exact) mass is 423 g/mol. The number of hydrogen-bond donors (Lipinski definition) is 1. The van der Waals surface area contributed by atoms with E-state index in [9.17, 15) is 9.50 Å². The Kier molecular flexibility index (Phi) is 6.68. The predicted molar refractivity (Wildman–Crippen MR) is 119 cm³/mol. The van der Waals surface area contributed by atoms with Gasteiger partial charge in [-0.05, 0) is 68.5 Å². The molecule has 1 heterocycles. The number of para-hydroxylation sites is 1. The van der Waals surface area contributed by atoms with Crippen molar-refractivity contribution in [2.24, 2.45) is 5.92 Å². The summed E-state index contributed by atoms with van der Waals surface area (Å²) >= 11 is 0. The Labute approximate surface area is 183 Å². The van der Waals surface area contributed by atoms with Crippen molar-refractivity contribution in [2.45, 2.75) is 45.8 Å². The zero-order valence-corrected chi connectivity index (χ0v) is 18.2. The number of aliphatic hydroxyl groups is 1. The first-order valence-electron chi connectivity index (χ1n) is 11.0. The van der Waals surface area contributed by atoms with Crippen molar-refractivity contribution in [3.63, 3.8) is 0 Å². The Hall–Kier alpha value is -2.70. The molecule has 5 nitrogen and oxygen atoms in total. The van der Waals surface area contributed by atoms with Gasteiger partial charge in [0.1, 0.15) is 11.6 Å². The van der Waals surface area contributed by atoms with E-state index in [1.165, 1.54) is 25.0 Å². The summed E-state index contributed by atoms with van der Waals surface area (Å²) in [6, 6.07) is 15.9. The smallest absolute Gasteiger partial charge is 0.227 e. The van der Waals surface area contributed by atoms with Gasteiger partial charge in [0.15, 0.2) is 0 Å². The molecule has 2 aromatic carbocycles. The van der Waals surface area contributed by atoms with Crippen LogP contribution in [0.4, 0.5) is 4.39 Å². The topological polar surface area (TPSA) is 50.5 Å². The van der Waals surface area contributed by atoms with E-state index in [1.54, 1.807) is 16.8 Å². The first-order chi connectivity index (χ1) is 15.0. The molecule has 0 amide bonds. The highest BCUT2D eigenvalue weighted by molar-refractivity contribution is 5.43. The van der Waals surface area contributed by atoms with Crippen molar-refractivity contribution in [3.8, 4) is 17.3 Å². The maximum Gasteiger partial charge on any atom is 0.227 e. The third-order valence-electron chi connectivity index (χ3n) is 5.70. The highest BCUT2D eigenvalue weighted by atomic mass is 19.1. The van der Waals surface area contributed by atoms with Gasteiger partial charge in [0.25, 0.3) is 0 Å². The molecule has 1 saturated carbocycles. The van der Waals surface area contributed by atoms with Crippen LogP contribution in [0.25, 0.3) is 5.69 Å². The number of benzene rings is 2. The van der Waals surface area contributed by atoms with Crippen molar-refractivity contribution in [1.29, 1.82) is 0 Å². The van der Waals surface area contributed by atoms with E-state index in [-0.39, 0.29) is 11.9 Å². The summed E-state index contributed by atoms with van der Waals surface area (Å²) < 4.78 is 21.5. The number of rotatable bonds is 10. The minimum absolute atomic E-state index is 0.301. The lowest BCUT2D eigenvalue weighted by atomic mass is 10.2. The lowest BCUT2D eigenvalue weighted by Crippen LogP contribution is -2.33. The molecular formula is C25H30FN3O2. The Morgan fingerprint density at radius 3 is 2.52 bits per heavy atom. The van der Waals surface area contributed by atoms with Crippen LogP contribution in [0.1, 0.15) is 37.4 Å². The van der Waals surface area contributed by atoms with Crippen LogP contribution in [0.3, 0.4) is 0 Å². The van der Waals surface area contributed by atoms with Crippen molar-refractivity contribution in [2.75, 3.05) is 13.1 Å². The maximum absolute atomic E-state index is 13.4. The number of aromatic nitrogens is 2. The van der Waals surface area contributed by atoms with Gasteiger partial charge in [0.05, 0.1) is 23.0 Å². The molecule has 4 rings (SSSR count). The second kappa shape index (κ2) is 9.62. The molecule has 1 aliphatic carbocycles. The van der Waals surface area contributed by atoms with Gasteiger partial charge in [0.2, 0.25) is 5.88 Å². The molecule has 31 heavy (non-hydrogen) atoms. The van der Waals surface area contributed by atoms with E-state index >= 15 is 0 Å². The molecule has 0 spiro atoms. The standard InChI is InChI=1S/C25H30FN3O2/c1-3-22(30)16-28(15-19-9-10-19)17-24-18(2)27-29(21-7-5-4-6-8-21)25(24)31-23-13-11-20(26)12-14-23/h4-8,11-14,19,22,30H,3,9-10,15-17H2,1-2H3/t22-/m1/s1. The minimum Gasteiger partial charge on any atom is -0.439 e. The van der Waals surface area contributed by atoms with E-state index in [0.717, 1.165) is 29.9 Å². The molecule has 1 atom stereocenters. The molecule has 164 valence electrons. The number of ether oxygens (including phenoxy) is 1. The summed E-state index contributed by atoms with van der Waals surface area (Å²) in [6.45, 7) is 6.21. The second-order valence-electron chi connectivity index (χ2n) is 8.37. The zero-order valence-electron chi connectivity index (χ0n) is 18.2. The zero-order chi connectivity index (χ0) is 21.8. The molecule has 1 N–H and O–H groups in total. The van der Waals surface area contributed by atoms with E-state index in [4.69, 9.17) is 9.84 Å². The third-order valence-corrected chi connectivity index (χ3v) is 5.70. The lowest BCUT2D eigenvalue weighted by Gasteiger charge is -2.25. The molecule has 0 aliphatic heterocycles. The fourth-order valence-electron chi connectivity index (χ4n) is 3.70. The second-order valence-corrected chi connectivity index (χ2v) is 8.37. The van der Waals surface area contributed by atoms with Gasteiger partial charge in [-0.25, -0.2) is 9.07 Å². The van der Waals surface area contributed by atoms with Gasteiger partial charge < -0.3 is 9.84 Å². The number of aliphatic hydroxyl groups excluding tert-OH is 1. The Bertz CT molecular complexity index is 984. The molecule has 3 aromatic rings. The summed E-state index contributed by atoms with van der Waals surface area (Å²) in [5, 5.41) is 15.1. The van der Waals surface area contributed by atoms with Crippen LogP contribution in [0.5, 0.6) is 11.6 Å². The molecule has 0 radical (unpaired) electrons. The molecule has 6 heteroatoms. The number of nitrogens with zero attached hydrogens (tertiary/aromatic N) is 3. The Morgan fingerprint density at radius 1 is 1.16 bits per heavy atom. The first kappa shape index (κ1) is 21.5. The molecule has 1 aromatic heterocycles. The van der Waals surface area contributed by atoms with Crippen LogP contribution >= 0.6 is 0 Å². The fraction of sp³-hybridized carbons (Fsp3) is 0.400. The fourth-order valence-corrected chi connectivity index (χ4v) is 3.70. The number of halogens is 1. The van der Waals surface area contributed by atoms with E-state index in [0.29, 0.717) is 30.6 Å². The molecule has 0 bridgehead atoms. The predicted octanol–water partition coefficient (Wildman–Crippen LogP) is 5.10. The van der Waals surface area contributed by atoms with Gasteiger partial charge in [0, 0.05) is 19.6 Å². The van der Waals surface area contributed by atoms with Crippen LogP contribution in [0, 0.1) is 18.7 Å². The summed E-state index contributed by atoms with van der Waals surface area (Å²) in [4.78, 5) is 2.31. The van der Waals surface area contributed by atoms with Gasteiger partial charge in [-0.3, -0.25) is 4.90 Å². The molecule has 0 saturated heterocycles. The van der Waals surface area contributed by atoms with Crippen molar-refractivity contribution >= 4 is 0 Å². The maximum atomic E-state index is 13.4. The van der Waals surface area contributed by atoms with Gasteiger partial charge in [-0.15, -0.1) is 0 Å². The van der Waals surface area contributed by atoms with Crippen LogP contribution in [-0.4, -0.2) is 39.0 Å². The highest BCUT2D eigenvalue weighted by Gasteiger charge is 2.28. The Morgan fingerprint density at radius 2 is 1.87 bits per heavy atom. The minimum atomic E-state index is -0.357. The van der Waals surface area contributed by atoms with E-state index in [2.05, 4.69) is 4.90 Å².